The predicted octanol–water partition coefficient (Wildman–Crippen LogP) is 2.44. The van der Waals surface area contributed by atoms with Crippen LogP contribution in [0.1, 0.15) is 5.56 Å². The fourth-order valence-corrected chi connectivity index (χ4v) is 4.33. The van der Waals surface area contributed by atoms with Crippen LogP contribution in [0.3, 0.4) is 0 Å². The van der Waals surface area contributed by atoms with Crippen molar-refractivity contribution in [3.63, 3.8) is 0 Å². The summed E-state index contributed by atoms with van der Waals surface area (Å²) in [4.78, 5) is 4.33. The summed E-state index contributed by atoms with van der Waals surface area (Å²) in [6.45, 7) is 1.37. The number of halogens is 1. The molecular weight excluding hydrogens is 399 g/mol. The Labute approximate surface area is 166 Å². The normalized spacial score (nSPS) is 15.2. The number of nitriles is 1. The van der Waals surface area contributed by atoms with Crippen molar-refractivity contribution >= 4 is 10.0 Å². The minimum atomic E-state index is -3.60. The Bertz CT molecular complexity index is 1180. The Balaban J connectivity index is 1.58. The summed E-state index contributed by atoms with van der Waals surface area (Å²) in [7, 11) is -3.60. The molecule has 1 aromatic heterocycles. The van der Waals surface area contributed by atoms with Gasteiger partial charge in [0.15, 0.2) is 0 Å². The van der Waals surface area contributed by atoms with Gasteiger partial charge < -0.3 is 9.26 Å². The van der Waals surface area contributed by atoms with Crippen LogP contribution >= 0.6 is 0 Å². The Hall–Kier alpha value is -3.13. The molecule has 1 aliphatic rings. The van der Waals surface area contributed by atoms with Gasteiger partial charge in [0.1, 0.15) is 5.82 Å². The number of benzene rings is 2. The summed E-state index contributed by atoms with van der Waals surface area (Å²) in [5.74, 6) is -0.489. The van der Waals surface area contributed by atoms with Gasteiger partial charge in [0, 0.05) is 18.7 Å². The molecule has 1 aliphatic heterocycles. The zero-order valence-corrected chi connectivity index (χ0v) is 15.9. The lowest BCUT2D eigenvalue weighted by molar-refractivity contribution is 0.0730. The fraction of sp³-hybridized carbons (Fsp3) is 0.211. The van der Waals surface area contributed by atoms with Crippen LogP contribution < -0.4 is 0 Å². The zero-order valence-electron chi connectivity index (χ0n) is 15.1. The molecule has 0 bridgehead atoms. The SMILES string of the molecule is N#Cc1ccc(-c2nc(-c3ccc(S(=O)(=O)N4CCOCC4)cc3)no2)c(F)c1. The number of rotatable bonds is 4. The van der Waals surface area contributed by atoms with Gasteiger partial charge in [0.25, 0.3) is 5.89 Å². The van der Waals surface area contributed by atoms with Gasteiger partial charge >= 0.3 is 0 Å². The van der Waals surface area contributed by atoms with E-state index in [1.165, 1.54) is 28.6 Å². The molecule has 148 valence electrons. The number of ether oxygens (including phenoxy) is 1. The lowest BCUT2D eigenvalue weighted by atomic mass is 10.1. The first-order chi connectivity index (χ1) is 14.0. The number of hydrogen-bond acceptors (Lipinski definition) is 7. The topological polar surface area (TPSA) is 109 Å². The third-order valence-electron chi connectivity index (χ3n) is 4.47. The molecule has 0 N–H and O–H groups in total. The van der Waals surface area contributed by atoms with Gasteiger partial charge in [-0.05, 0) is 42.5 Å². The smallest absolute Gasteiger partial charge is 0.261 e. The molecule has 0 spiro atoms. The van der Waals surface area contributed by atoms with Gasteiger partial charge in [-0.3, -0.25) is 0 Å². The average molecular weight is 414 g/mol. The molecule has 0 radical (unpaired) electrons. The van der Waals surface area contributed by atoms with Crippen molar-refractivity contribution in [1.82, 2.24) is 14.4 Å². The highest BCUT2D eigenvalue weighted by atomic mass is 32.2. The number of sulfonamides is 1. The molecule has 0 unspecified atom stereocenters. The summed E-state index contributed by atoms with van der Waals surface area (Å²) in [6, 6.07) is 11.9. The number of aromatic nitrogens is 2. The van der Waals surface area contributed by atoms with Crippen LogP contribution in [0.4, 0.5) is 4.39 Å². The van der Waals surface area contributed by atoms with E-state index in [4.69, 9.17) is 14.5 Å². The van der Waals surface area contributed by atoms with Gasteiger partial charge in [0.05, 0.1) is 35.3 Å². The van der Waals surface area contributed by atoms with E-state index >= 15 is 0 Å². The van der Waals surface area contributed by atoms with Crippen LogP contribution in [0, 0.1) is 17.1 Å². The van der Waals surface area contributed by atoms with Crippen LogP contribution in [-0.4, -0.2) is 49.2 Å². The van der Waals surface area contributed by atoms with E-state index in [2.05, 4.69) is 10.1 Å². The van der Waals surface area contributed by atoms with Gasteiger partial charge in [-0.2, -0.15) is 14.6 Å². The molecule has 1 saturated heterocycles. The molecule has 8 nitrogen and oxygen atoms in total. The molecule has 2 heterocycles. The van der Waals surface area contributed by atoms with Crippen molar-refractivity contribution in [3.8, 4) is 28.9 Å². The van der Waals surface area contributed by atoms with E-state index in [1.54, 1.807) is 12.1 Å². The number of morpholine rings is 1. The molecule has 0 saturated carbocycles. The van der Waals surface area contributed by atoms with Crippen molar-refractivity contribution in [3.05, 3.63) is 53.8 Å². The van der Waals surface area contributed by atoms with Crippen molar-refractivity contribution in [1.29, 1.82) is 5.26 Å². The lowest BCUT2D eigenvalue weighted by Crippen LogP contribution is -2.40. The van der Waals surface area contributed by atoms with Crippen molar-refractivity contribution < 1.29 is 22.1 Å². The largest absolute Gasteiger partial charge is 0.379 e. The van der Waals surface area contributed by atoms with Crippen LogP contribution in [0.25, 0.3) is 22.8 Å². The average Bonchev–Trinajstić information content (AvgIpc) is 3.24. The molecule has 1 fully saturated rings. The zero-order chi connectivity index (χ0) is 20.4. The summed E-state index contributed by atoms with van der Waals surface area (Å²) in [6.07, 6.45) is 0. The third-order valence-corrected chi connectivity index (χ3v) is 6.39. The molecule has 29 heavy (non-hydrogen) atoms. The first-order valence-corrected chi connectivity index (χ1v) is 10.1. The quantitative estimate of drug-likeness (QED) is 0.645. The second-order valence-corrected chi connectivity index (χ2v) is 8.21. The second kappa shape index (κ2) is 7.71. The van der Waals surface area contributed by atoms with E-state index < -0.39 is 15.8 Å². The van der Waals surface area contributed by atoms with E-state index in [9.17, 15) is 12.8 Å². The van der Waals surface area contributed by atoms with Gasteiger partial charge in [-0.25, -0.2) is 12.8 Å². The fourth-order valence-electron chi connectivity index (χ4n) is 2.92. The van der Waals surface area contributed by atoms with Crippen molar-refractivity contribution in [2.24, 2.45) is 0 Å². The minimum Gasteiger partial charge on any atom is -0.379 e. The van der Waals surface area contributed by atoms with E-state index in [-0.39, 0.29) is 27.7 Å². The number of hydrogen-bond donors (Lipinski definition) is 0. The van der Waals surface area contributed by atoms with Gasteiger partial charge in [-0.1, -0.05) is 5.16 Å². The highest BCUT2D eigenvalue weighted by molar-refractivity contribution is 7.89. The first kappa shape index (κ1) is 19.2. The minimum absolute atomic E-state index is 0.0352. The summed E-state index contributed by atoms with van der Waals surface area (Å²) in [5, 5.41) is 12.7. The maximum atomic E-state index is 14.1. The van der Waals surface area contributed by atoms with Crippen LogP contribution in [0.5, 0.6) is 0 Å². The van der Waals surface area contributed by atoms with E-state index in [0.29, 0.717) is 31.9 Å². The highest BCUT2D eigenvalue weighted by Gasteiger charge is 2.26. The maximum absolute atomic E-state index is 14.1. The van der Waals surface area contributed by atoms with Crippen LogP contribution in [0.2, 0.25) is 0 Å². The van der Waals surface area contributed by atoms with Gasteiger partial charge in [0.2, 0.25) is 15.8 Å². The lowest BCUT2D eigenvalue weighted by Gasteiger charge is -2.26. The summed E-state index contributed by atoms with van der Waals surface area (Å²) >= 11 is 0. The number of nitrogens with zero attached hydrogens (tertiary/aromatic N) is 4. The maximum Gasteiger partial charge on any atom is 0.261 e. The molecule has 4 rings (SSSR count). The van der Waals surface area contributed by atoms with Gasteiger partial charge in [-0.15, -0.1) is 0 Å². The summed E-state index contributed by atoms with van der Waals surface area (Å²) in [5.41, 5.74) is 0.785. The molecule has 0 atom stereocenters. The highest BCUT2D eigenvalue weighted by Crippen LogP contribution is 2.26. The molecular formula is C19H15FN4O4S. The third kappa shape index (κ3) is 3.75. The van der Waals surface area contributed by atoms with E-state index in [0.717, 1.165) is 6.07 Å². The Kier molecular flexibility index (Phi) is 5.10. The predicted molar refractivity (Wildman–Crippen MR) is 99.4 cm³/mol. The summed E-state index contributed by atoms with van der Waals surface area (Å²) < 4.78 is 51.2. The molecule has 0 aliphatic carbocycles. The molecule has 2 aromatic carbocycles. The molecule has 0 amide bonds. The van der Waals surface area contributed by atoms with Crippen LogP contribution in [0.15, 0.2) is 51.9 Å². The Morgan fingerprint density at radius 3 is 2.48 bits per heavy atom. The molecule has 3 aromatic rings. The first-order valence-electron chi connectivity index (χ1n) is 8.71. The Morgan fingerprint density at radius 1 is 1.10 bits per heavy atom. The Morgan fingerprint density at radius 2 is 1.83 bits per heavy atom. The monoisotopic (exact) mass is 414 g/mol. The van der Waals surface area contributed by atoms with Crippen molar-refractivity contribution in [2.75, 3.05) is 26.3 Å². The van der Waals surface area contributed by atoms with Crippen molar-refractivity contribution in [2.45, 2.75) is 4.90 Å². The molecule has 10 heteroatoms. The standard InChI is InChI=1S/C19H15FN4O4S/c20-17-11-13(12-21)1-6-16(17)19-22-18(23-28-19)14-2-4-15(5-3-14)29(25,26)24-7-9-27-10-8-24/h1-6,11H,7-10H2. The van der Waals surface area contributed by atoms with E-state index in [1.807, 2.05) is 6.07 Å². The van der Waals surface area contributed by atoms with Crippen LogP contribution in [-0.2, 0) is 14.8 Å². The second-order valence-electron chi connectivity index (χ2n) is 6.27.